The summed E-state index contributed by atoms with van der Waals surface area (Å²) >= 11 is 0. The summed E-state index contributed by atoms with van der Waals surface area (Å²) in [5.41, 5.74) is 4.73. The van der Waals surface area contributed by atoms with Crippen LogP contribution in [0.1, 0.15) is 36.2 Å². The summed E-state index contributed by atoms with van der Waals surface area (Å²) in [6.07, 6.45) is 3.08. The first-order valence-electron chi connectivity index (χ1n) is 8.76. The van der Waals surface area contributed by atoms with Crippen molar-refractivity contribution in [3.8, 4) is 11.3 Å². The fourth-order valence-corrected chi connectivity index (χ4v) is 2.87. The largest absolute Gasteiger partial charge is 0.451 e. The maximum Gasteiger partial charge on any atom is 0.305 e. The van der Waals surface area contributed by atoms with Gasteiger partial charge in [-0.1, -0.05) is 18.6 Å². The maximum absolute atomic E-state index is 13.8. The lowest BCUT2D eigenvalue weighted by atomic mass is 10.1. The van der Waals surface area contributed by atoms with Crippen molar-refractivity contribution in [3.63, 3.8) is 0 Å². The van der Waals surface area contributed by atoms with Crippen LogP contribution in [0.25, 0.3) is 11.3 Å². The lowest BCUT2D eigenvalue weighted by Gasteiger charge is -2.19. The number of nitrogens with one attached hydrogen (secondary N) is 2. The van der Waals surface area contributed by atoms with Crippen LogP contribution in [0.2, 0.25) is 0 Å². The summed E-state index contributed by atoms with van der Waals surface area (Å²) < 4.78 is 19.1. The smallest absolute Gasteiger partial charge is 0.305 e. The molecule has 1 saturated heterocycles. The molecular formula is C19H20FN3O4. The van der Waals surface area contributed by atoms with Gasteiger partial charge in [-0.05, 0) is 37.1 Å². The molecule has 0 atom stereocenters. The molecule has 8 heteroatoms. The molecule has 2 aromatic rings. The number of halogens is 1. The Morgan fingerprint density at radius 1 is 1.07 bits per heavy atom. The monoisotopic (exact) mass is 373 g/mol. The zero-order valence-electron chi connectivity index (χ0n) is 14.7. The molecule has 142 valence electrons. The van der Waals surface area contributed by atoms with Crippen molar-refractivity contribution in [2.24, 2.45) is 0 Å². The van der Waals surface area contributed by atoms with Gasteiger partial charge in [0.25, 0.3) is 5.91 Å². The predicted molar refractivity (Wildman–Crippen MR) is 94.8 cm³/mol. The van der Waals surface area contributed by atoms with Crippen molar-refractivity contribution < 1.29 is 23.2 Å². The topological polar surface area (TPSA) is 91.7 Å². The van der Waals surface area contributed by atoms with E-state index < -0.39 is 17.6 Å². The minimum atomic E-state index is -0.673. The SMILES string of the molecule is O=C(CN1CCCCCC1=O)NNC(=O)c1ccc(-c2ccccc2F)o1. The fraction of sp³-hybridized carbons (Fsp3) is 0.316. The molecule has 27 heavy (non-hydrogen) atoms. The van der Waals surface area contributed by atoms with Crippen LogP contribution < -0.4 is 10.9 Å². The molecule has 0 saturated carbocycles. The summed E-state index contributed by atoms with van der Waals surface area (Å²) in [7, 11) is 0. The maximum atomic E-state index is 13.8. The molecule has 0 aliphatic carbocycles. The first-order valence-corrected chi connectivity index (χ1v) is 8.76. The normalized spacial score (nSPS) is 14.6. The number of hydrogen-bond donors (Lipinski definition) is 2. The third kappa shape index (κ3) is 4.72. The number of carbonyl (C=O) groups excluding carboxylic acids is 3. The van der Waals surface area contributed by atoms with Crippen molar-refractivity contribution in [2.45, 2.75) is 25.7 Å². The average molecular weight is 373 g/mol. The second-order valence-corrected chi connectivity index (χ2v) is 6.27. The van der Waals surface area contributed by atoms with Crippen LogP contribution in [0.5, 0.6) is 0 Å². The molecule has 1 fully saturated rings. The number of hydrogen-bond acceptors (Lipinski definition) is 4. The quantitative estimate of drug-likeness (QED) is 0.804. The van der Waals surface area contributed by atoms with Crippen LogP contribution in [-0.4, -0.2) is 35.7 Å². The standard InChI is InChI=1S/C19H20FN3O4/c20-14-7-4-3-6-13(14)15-9-10-16(27-15)19(26)22-21-17(24)12-23-11-5-1-2-8-18(23)25/h3-4,6-7,9-10H,1-2,5,8,11-12H2,(H,21,24)(H,22,26). The molecule has 7 nitrogen and oxygen atoms in total. The van der Waals surface area contributed by atoms with Crippen LogP contribution >= 0.6 is 0 Å². The van der Waals surface area contributed by atoms with Crippen molar-refractivity contribution in [3.05, 3.63) is 48.0 Å². The van der Waals surface area contributed by atoms with E-state index in [2.05, 4.69) is 10.9 Å². The number of hydrazine groups is 1. The van der Waals surface area contributed by atoms with Crippen LogP contribution in [0.4, 0.5) is 4.39 Å². The number of carbonyl (C=O) groups is 3. The van der Waals surface area contributed by atoms with Crippen molar-refractivity contribution in [2.75, 3.05) is 13.1 Å². The van der Waals surface area contributed by atoms with E-state index in [0.29, 0.717) is 13.0 Å². The van der Waals surface area contributed by atoms with Gasteiger partial charge in [0.15, 0.2) is 5.76 Å². The Morgan fingerprint density at radius 3 is 2.70 bits per heavy atom. The lowest BCUT2D eigenvalue weighted by Crippen LogP contribution is -2.47. The number of amides is 3. The Kier molecular flexibility index (Phi) is 5.85. The molecule has 1 aromatic carbocycles. The molecule has 2 N–H and O–H groups in total. The molecule has 1 aromatic heterocycles. The van der Waals surface area contributed by atoms with E-state index in [1.165, 1.54) is 29.2 Å². The Morgan fingerprint density at radius 2 is 1.89 bits per heavy atom. The van der Waals surface area contributed by atoms with Crippen molar-refractivity contribution >= 4 is 17.7 Å². The molecule has 0 unspecified atom stereocenters. The molecule has 3 rings (SSSR count). The molecule has 0 bridgehead atoms. The Hall–Kier alpha value is -3.16. The zero-order valence-corrected chi connectivity index (χ0v) is 14.7. The Bertz CT molecular complexity index is 849. The highest BCUT2D eigenvalue weighted by atomic mass is 19.1. The van der Waals surface area contributed by atoms with Crippen molar-refractivity contribution in [1.29, 1.82) is 0 Å². The van der Waals surface area contributed by atoms with Gasteiger partial charge in [-0.3, -0.25) is 25.2 Å². The predicted octanol–water partition coefficient (Wildman–Crippen LogP) is 2.25. The van der Waals surface area contributed by atoms with E-state index >= 15 is 0 Å². The second kappa shape index (κ2) is 8.48. The van der Waals surface area contributed by atoms with Gasteiger partial charge in [0.05, 0.1) is 5.56 Å². The van der Waals surface area contributed by atoms with Gasteiger partial charge in [0.1, 0.15) is 18.1 Å². The van der Waals surface area contributed by atoms with Crippen LogP contribution in [0, 0.1) is 5.82 Å². The number of nitrogens with zero attached hydrogens (tertiary/aromatic N) is 1. The number of rotatable bonds is 4. The van der Waals surface area contributed by atoms with Gasteiger partial charge in [0.2, 0.25) is 5.91 Å². The van der Waals surface area contributed by atoms with Gasteiger partial charge in [-0.25, -0.2) is 4.39 Å². The number of furan rings is 1. The fourth-order valence-electron chi connectivity index (χ4n) is 2.87. The molecule has 3 amide bonds. The van der Waals surface area contributed by atoms with Crippen molar-refractivity contribution in [1.82, 2.24) is 15.8 Å². The van der Waals surface area contributed by atoms with E-state index in [0.717, 1.165) is 19.3 Å². The van der Waals surface area contributed by atoms with E-state index in [1.807, 2.05) is 0 Å². The second-order valence-electron chi connectivity index (χ2n) is 6.27. The minimum Gasteiger partial charge on any atom is -0.451 e. The van der Waals surface area contributed by atoms with Gasteiger partial charge < -0.3 is 9.32 Å². The summed E-state index contributed by atoms with van der Waals surface area (Å²) in [6.45, 7) is 0.419. The average Bonchev–Trinajstić information content (AvgIpc) is 3.06. The number of likely N-dealkylation sites (tertiary alicyclic amines) is 1. The van der Waals surface area contributed by atoms with Gasteiger partial charge >= 0.3 is 5.91 Å². The summed E-state index contributed by atoms with van der Waals surface area (Å²) in [6, 6.07) is 8.91. The Balaban J connectivity index is 1.54. The zero-order chi connectivity index (χ0) is 19.2. The van der Waals surface area contributed by atoms with E-state index in [9.17, 15) is 18.8 Å². The van der Waals surface area contributed by atoms with E-state index in [-0.39, 0.29) is 29.5 Å². The van der Waals surface area contributed by atoms with Gasteiger partial charge in [0, 0.05) is 13.0 Å². The van der Waals surface area contributed by atoms with Crippen LogP contribution in [0.15, 0.2) is 40.8 Å². The van der Waals surface area contributed by atoms with Crippen LogP contribution in [-0.2, 0) is 9.59 Å². The molecule has 1 aliphatic heterocycles. The molecule has 0 radical (unpaired) electrons. The van der Waals surface area contributed by atoms with Gasteiger partial charge in [-0.15, -0.1) is 0 Å². The number of benzene rings is 1. The highest BCUT2D eigenvalue weighted by Crippen LogP contribution is 2.24. The lowest BCUT2D eigenvalue weighted by molar-refractivity contribution is -0.135. The van der Waals surface area contributed by atoms with E-state index in [4.69, 9.17) is 4.42 Å². The van der Waals surface area contributed by atoms with E-state index in [1.54, 1.807) is 12.1 Å². The first kappa shape index (κ1) is 18.6. The minimum absolute atomic E-state index is 0.0606. The highest BCUT2D eigenvalue weighted by Gasteiger charge is 2.20. The van der Waals surface area contributed by atoms with Gasteiger partial charge in [-0.2, -0.15) is 0 Å². The third-order valence-electron chi connectivity index (χ3n) is 4.29. The summed E-state index contributed by atoms with van der Waals surface area (Å²) in [4.78, 5) is 37.4. The molecular weight excluding hydrogens is 353 g/mol. The third-order valence-corrected chi connectivity index (χ3v) is 4.29. The molecule has 0 spiro atoms. The molecule has 2 heterocycles. The Labute approximate surface area is 155 Å². The van der Waals surface area contributed by atoms with Crippen LogP contribution in [0.3, 0.4) is 0 Å². The first-order chi connectivity index (χ1) is 13.0. The summed E-state index contributed by atoms with van der Waals surface area (Å²) in [5, 5.41) is 0. The molecule has 1 aliphatic rings. The summed E-state index contributed by atoms with van der Waals surface area (Å²) in [5.74, 6) is -1.56. The highest BCUT2D eigenvalue weighted by molar-refractivity contribution is 5.94.